The summed E-state index contributed by atoms with van der Waals surface area (Å²) in [5.41, 5.74) is 1.58. The van der Waals surface area contributed by atoms with E-state index in [4.69, 9.17) is 0 Å². The average molecular weight is 387 g/mol. The van der Waals surface area contributed by atoms with Gasteiger partial charge in [0.1, 0.15) is 11.6 Å². The molecule has 3 rings (SSSR count). The zero-order valence-corrected chi connectivity index (χ0v) is 16.4. The Balaban J connectivity index is 1.48. The van der Waals surface area contributed by atoms with Crippen molar-refractivity contribution in [2.24, 2.45) is 0 Å². The van der Waals surface area contributed by atoms with Gasteiger partial charge in [-0.05, 0) is 37.6 Å². The predicted octanol–water partition coefficient (Wildman–Crippen LogP) is 3.35. The van der Waals surface area contributed by atoms with Gasteiger partial charge in [-0.15, -0.1) is 0 Å². The van der Waals surface area contributed by atoms with E-state index >= 15 is 0 Å². The Bertz CT molecular complexity index is 789. The Kier molecular flexibility index (Phi) is 6.75. The fraction of sp³-hybridized carbons (Fsp3) is 0.409. The number of rotatable bonds is 6. The molecule has 4 nitrogen and oxygen atoms in total. The van der Waals surface area contributed by atoms with Gasteiger partial charge in [0.05, 0.1) is 12.1 Å². The van der Waals surface area contributed by atoms with Crippen LogP contribution in [0.15, 0.2) is 48.5 Å². The molecular weight excluding hydrogens is 360 g/mol. The molecule has 1 aliphatic rings. The van der Waals surface area contributed by atoms with Gasteiger partial charge in [0.2, 0.25) is 5.91 Å². The van der Waals surface area contributed by atoms with Crippen LogP contribution in [0, 0.1) is 11.6 Å². The number of hydrogen-bond acceptors (Lipinski definition) is 3. The topological polar surface area (TPSA) is 35.6 Å². The first-order valence-electron chi connectivity index (χ1n) is 9.69. The van der Waals surface area contributed by atoms with Crippen LogP contribution < -0.4 is 5.32 Å². The second kappa shape index (κ2) is 9.26. The van der Waals surface area contributed by atoms with E-state index in [0.29, 0.717) is 12.1 Å². The molecule has 1 N–H and O–H groups in total. The van der Waals surface area contributed by atoms with Crippen LogP contribution in [-0.2, 0) is 11.3 Å². The molecule has 0 aromatic heterocycles. The summed E-state index contributed by atoms with van der Waals surface area (Å²) in [7, 11) is 0. The Hall–Kier alpha value is -2.31. The smallest absolute Gasteiger partial charge is 0.237 e. The van der Waals surface area contributed by atoms with Crippen LogP contribution in [-0.4, -0.2) is 47.9 Å². The lowest BCUT2D eigenvalue weighted by Gasteiger charge is -2.37. The number of carbonyl (C=O) groups excluding carboxylic acids is 1. The van der Waals surface area contributed by atoms with Crippen molar-refractivity contribution in [2.45, 2.75) is 32.5 Å². The molecule has 28 heavy (non-hydrogen) atoms. The molecule has 1 amide bonds. The van der Waals surface area contributed by atoms with Gasteiger partial charge in [-0.3, -0.25) is 14.6 Å². The standard InChI is InChI=1S/C22H27F2N3O/c1-16(18-7-9-20(23)10-8-18)25-22(28)17(2)27-13-11-26(12-14-27)15-19-5-3-4-6-21(19)24/h3-10,16-17H,11-15H2,1-2H3,(H,25,28). The maximum atomic E-state index is 13.8. The fourth-order valence-electron chi connectivity index (χ4n) is 3.51. The molecule has 1 saturated heterocycles. The summed E-state index contributed by atoms with van der Waals surface area (Å²) in [5.74, 6) is -0.504. The minimum absolute atomic E-state index is 0.0422. The van der Waals surface area contributed by atoms with Crippen molar-refractivity contribution in [3.05, 3.63) is 71.3 Å². The highest BCUT2D eigenvalue weighted by molar-refractivity contribution is 5.81. The highest BCUT2D eigenvalue weighted by Crippen LogP contribution is 2.16. The monoisotopic (exact) mass is 387 g/mol. The van der Waals surface area contributed by atoms with Gasteiger partial charge in [0.15, 0.2) is 0 Å². The summed E-state index contributed by atoms with van der Waals surface area (Å²) in [6, 6.07) is 12.6. The van der Waals surface area contributed by atoms with Crippen molar-refractivity contribution in [3.63, 3.8) is 0 Å². The van der Waals surface area contributed by atoms with Crippen molar-refractivity contribution >= 4 is 5.91 Å². The van der Waals surface area contributed by atoms with Crippen LogP contribution in [0.25, 0.3) is 0 Å². The van der Waals surface area contributed by atoms with E-state index in [0.717, 1.165) is 31.7 Å². The molecule has 1 aliphatic heterocycles. The molecule has 2 atom stereocenters. The lowest BCUT2D eigenvalue weighted by molar-refractivity contribution is -0.127. The highest BCUT2D eigenvalue weighted by Gasteiger charge is 2.26. The largest absolute Gasteiger partial charge is 0.348 e. The van der Waals surface area contributed by atoms with Gasteiger partial charge in [0.25, 0.3) is 0 Å². The number of carbonyl (C=O) groups is 1. The molecule has 2 aromatic carbocycles. The molecule has 0 bridgehead atoms. The van der Waals surface area contributed by atoms with E-state index in [-0.39, 0.29) is 29.6 Å². The van der Waals surface area contributed by atoms with Gasteiger partial charge < -0.3 is 5.32 Å². The summed E-state index contributed by atoms with van der Waals surface area (Å²) in [4.78, 5) is 17.0. The molecule has 2 aromatic rings. The molecule has 6 heteroatoms. The van der Waals surface area contributed by atoms with Crippen LogP contribution in [0.1, 0.15) is 31.0 Å². The van der Waals surface area contributed by atoms with Crippen molar-refractivity contribution in [3.8, 4) is 0 Å². The summed E-state index contributed by atoms with van der Waals surface area (Å²) in [5, 5.41) is 3.00. The van der Waals surface area contributed by atoms with E-state index in [9.17, 15) is 13.6 Å². The number of halogens is 2. The SMILES string of the molecule is CC(NC(=O)C(C)N1CCN(Cc2ccccc2F)CC1)c1ccc(F)cc1. The van der Waals surface area contributed by atoms with Gasteiger partial charge in [-0.2, -0.15) is 0 Å². The van der Waals surface area contributed by atoms with E-state index in [1.54, 1.807) is 18.2 Å². The zero-order valence-electron chi connectivity index (χ0n) is 16.4. The van der Waals surface area contributed by atoms with E-state index in [1.165, 1.54) is 18.2 Å². The molecule has 1 fully saturated rings. The van der Waals surface area contributed by atoms with Crippen molar-refractivity contribution in [1.82, 2.24) is 15.1 Å². The Morgan fingerprint density at radius 3 is 2.29 bits per heavy atom. The second-order valence-electron chi connectivity index (χ2n) is 7.36. The summed E-state index contributed by atoms with van der Waals surface area (Å²) >= 11 is 0. The minimum atomic E-state index is -0.288. The van der Waals surface area contributed by atoms with Gasteiger partial charge in [0, 0.05) is 38.3 Å². The molecule has 1 heterocycles. The third kappa shape index (κ3) is 5.14. The Morgan fingerprint density at radius 2 is 1.64 bits per heavy atom. The molecule has 0 radical (unpaired) electrons. The van der Waals surface area contributed by atoms with Crippen molar-refractivity contribution < 1.29 is 13.6 Å². The number of nitrogens with one attached hydrogen (secondary N) is 1. The van der Waals surface area contributed by atoms with E-state index < -0.39 is 0 Å². The molecule has 0 spiro atoms. The Morgan fingerprint density at radius 1 is 1.00 bits per heavy atom. The van der Waals surface area contributed by atoms with Gasteiger partial charge >= 0.3 is 0 Å². The highest BCUT2D eigenvalue weighted by atomic mass is 19.1. The summed E-state index contributed by atoms with van der Waals surface area (Å²) in [6.07, 6.45) is 0. The molecule has 0 aliphatic carbocycles. The minimum Gasteiger partial charge on any atom is -0.348 e. The molecule has 150 valence electrons. The predicted molar refractivity (Wildman–Crippen MR) is 106 cm³/mol. The van der Waals surface area contributed by atoms with E-state index in [1.807, 2.05) is 26.0 Å². The third-order valence-corrected chi connectivity index (χ3v) is 5.41. The maximum Gasteiger partial charge on any atom is 0.237 e. The molecule has 2 unspecified atom stereocenters. The normalized spacial score (nSPS) is 17.9. The average Bonchev–Trinajstić information content (AvgIpc) is 2.70. The zero-order chi connectivity index (χ0) is 20.1. The van der Waals surface area contributed by atoms with E-state index in [2.05, 4.69) is 15.1 Å². The van der Waals surface area contributed by atoms with Crippen LogP contribution in [0.2, 0.25) is 0 Å². The van der Waals surface area contributed by atoms with Gasteiger partial charge in [-0.1, -0.05) is 30.3 Å². The molecule has 0 saturated carbocycles. The Labute approximate surface area is 165 Å². The van der Waals surface area contributed by atoms with Crippen LogP contribution in [0.5, 0.6) is 0 Å². The maximum absolute atomic E-state index is 13.8. The van der Waals surface area contributed by atoms with Crippen LogP contribution >= 0.6 is 0 Å². The summed E-state index contributed by atoms with van der Waals surface area (Å²) in [6.45, 7) is 7.48. The second-order valence-corrected chi connectivity index (χ2v) is 7.36. The number of benzene rings is 2. The molecular formula is C22H27F2N3O. The lowest BCUT2D eigenvalue weighted by Crippen LogP contribution is -2.53. The third-order valence-electron chi connectivity index (χ3n) is 5.41. The fourth-order valence-corrected chi connectivity index (χ4v) is 3.51. The summed E-state index contributed by atoms with van der Waals surface area (Å²) < 4.78 is 26.9. The van der Waals surface area contributed by atoms with Crippen molar-refractivity contribution in [2.75, 3.05) is 26.2 Å². The first-order chi connectivity index (χ1) is 13.4. The lowest BCUT2D eigenvalue weighted by atomic mass is 10.1. The number of nitrogens with zero attached hydrogens (tertiary/aromatic N) is 2. The number of hydrogen-bond donors (Lipinski definition) is 1. The van der Waals surface area contributed by atoms with Crippen LogP contribution in [0.3, 0.4) is 0 Å². The quantitative estimate of drug-likeness (QED) is 0.826. The first kappa shape index (κ1) is 20.4. The number of piperazine rings is 1. The van der Waals surface area contributed by atoms with Crippen molar-refractivity contribution in [1.29, 1.82) is 0 Å². The van der Waals surface area contributed by atoms with Crippen LogP contribution in [0.4, 0.5) is 8.78 Å². The van der Waals surface area contributed by atoms with Gasteiger partial charge in [-0.25, -0.2) is 8.78 Å². The number of amides is 1. The first-order valence-corrected chi connectivity index (χ1v) is 9.69.